The van der Waals surface area contributed by atoms with E-state index in [1.165, 1.54) is 0 Å². The van der Waals surface area contributed by atoms with Crippen LogP contribution in [-0.4, -0.2) is 0 Å². The lowest BCUT2D eigenvalue weighted by atomic mass is 10.1. The molecule has 14 heavy (non-hydrogen) atoms. The minimum absolute atomic E-state index is 0.591. The van der Waals surface area contributed by atoms with Gasteiger partial charge < -0.3 is 0 Å². The van der Waals surface area contributed by atoms with E-state index < -0.39 is 28.7 Å². The fourth-order valence-corrected chi connectivity index (χ4v) is 0.938. The molecule has 1 rings (SSSR count). The Balaban J connectivity index is 3.32. The number of benzene rings is 1. The molecule has 0 fully saturated rings. The lowest BCUT2D eigenvalue weighted by Gasteiger charge is -2.07. The molecule has 0 aliphatic heterocycles. The van der Waals surface area contributed by atoms with Gasteiger partial charge >= 0.3 is 0 Å². The van der Waals surface area contributed by atoms with Gasteiger partial charge in [-0.25, -0.2) is 13.2 Å². The first kappa shape index (κ1) is 10.5. The number of hydrogen-bond acceptors (Lipinski definition) is 2. The molecule has 1 aromatic carbocycles. The Bertz CT molecular complexity index is 365. The molecule has 0 radical (unpaired) electrons. The summed E-state index contributed by atoms with van der Waals surface area (Å²) in [6.45, 7) is 3.11. The van der Waals surface area contributed by atoms with E-state index in [1.54, 1.807) is 5.43 Å². The second-order valence-electron chi connectivity index (χ2n) is 2.37. The third-order valence-corrected chi connectivity index (χ3v) is 1.58. The zero-order valence-corrected chi connectivity index (χ0v) is 6.87. The van der Waals surface area contributed by atoms with Crippen molar-refractivity contribution in [2.45, 2.75) is 0 Å². The van der Waals surface area contributed by atoms with Gasteiger partial charge in [0.15, 0.2) is 11.6 Å². The predicted octanol–water partition coefficient (Wildman–Crippen LogP) is 2.55. The van der Waals surface area contributed by atoms with Crippen molar-refractivity contribution in [3.8, 4) is 0 Å². The molecule has 0 spiro atoms. The summed E-state index contributed by atoms with van der Waals surface area (Å²) in [6, 6.07) is 0.613. The predicted molar refractivity (Wildman–Crippen MR) is 44.3 cm³/mol. The van der Waals surface area contributed by atoms with Gasteiger partial charge in [0.25, 0.3) is 0 Å². The van der Waals surface area contributed by atoms with E-state index in [-0.39, 0.29) is 0 Å². The Morgan fingerprint density at radius 1 is 1.21 bits per heavy atom. The van der Waals surface area contributed by atoms with Crippen LogP contribution in [0.3, 0.4) is 0 Å². The van der Waals surface area contributed by atoms with Gasteiger partial charge in [-0.2, -0.15) is 0 Å². The number of hydrazine groups is 1. The third kappa shape index (κ3) is 1.69. The summed E-state index contributed by atoms with van der Waals surface area (Å²) in [5, 5.41) is 0. The van der Waals surface area contributed by atoms with Gasteiger partial charge in [-0.05, 0) is 0 Å². The summed E-state index contributed by atoms with van der Waals surface area (Å²) in [5.41, 5.74) is 1.22. The molecule has 76 valence electrons. The number of hydrogen-bond donors (Lipinski definition) is 2. The smallest absolute Gasteiger partial charge is 0.184 e. The Hall–Kier alpha value is -1.56. The fourth-order valence-electron chi connectivity index (χ4n) is 0.938. The van der Waals surface area contributed by atoms with Gasteiger partial charge in [-0.3, -0.25) is 5.43 Å². The minimum atomic E-state index is -1.42. The monoisotopic (exact) mass is 206 g/mol. The SMILES string of the molecule is C=Cc1c(F)cc(NNF)c(F)c1F. The summed E-state index contributed by atoms with van der Waals surface area (Å²) in [4.78, 5) is 0. The maximum Gasteiger partial charge on any atom is 0.184 e. The first-order valence-corrected chi connectivity index (χ1v) is 3.53. The quantitative estimate of drug-likeness (QED) is 0.343. The minimum Gasteiger partial charge on any atom is -0.291 e. The van der Waals surface area contributed by atoms with Crippen molar-refractivity contribution in [3.63, 3.8) is 0 Å². The average Bonchev–Trinajstić information content (AvgIpc) is 2.15. The number of anilines is 1. The van der Waals surface area contributed by atoms with Gasteiger partial charge in [-0.1, -0.05) is 18.3 Å². The number of nitrogens with one attached hydrogen (secondary N) is 2. The highest BCUT2D eigenvalue weighted by molar-refractivity contribution is 5.56. The highest BCUT2D eigenvalue weighted by Crippen LogP contribution is 2.23. The zero-order valence-electron chi connectivity index (χ0n) is 6.87. The number of halogens is 4. The topological polar surface area (TPSA) is 24.1 Å². The Labute approximate surface area is 77.1 Å². The van der Waals surface area contributed by atoms with Crippen molar-refractivity contribution >= 4 is 11.8 Å². The van der Waals surface area contributed by atoms with Crippen LogP contribution in [-0.2, 0) is 0 Å². The molecule has 0 heterocycles. The Morgan fingerprint density at radius 2 is 1.86 bits per heavy atom. The molecule has 0 saturated carbocycles. The zero-order chi connectivity index (χ0) is 10.7. The van der Waals surface area contributed by atoms with E-state index in [2.05, 4.69) is 6.58 Å². The Morgan fingerprint density at radius 3 is 2.36 bits per heavy atom. The van der Waals surface area contributed by atoms with Crippen LogP contribution in [0.25, 0.3) is 6.08 Å². The van der Waals surface area contributed by atoms with Crippen LogP contribution in [0, 0.1) is 17.5 Å². The van der Waals surface area contributed by atoms with E-state index in [1.807, 2.05) is 0 Å². The molecular formula is C8H6F4N2. The van der Waals surface area contributed by atoms with E-state index in [4.69, 9.17) is 0 Å². The average molecular weight is 206 g/mol. The van der Waals surface area contributed by atoms with Crippen LogP contribution in [0.5, 0.6) is 0 Å². The molecule has 2 N–H and O–H groups in total. The third-order valence-electron chi connectivity index (χ3n) is 1.58. The van der Waals surface area contributed by atoms with E-state index in [9.17, 15) is 17.7 Å². The van der Waals surface area contributed by atoms with Crippen molar-refractivity contribution in [2.24, 2.45) is 0 Å². The summed E-state index contributed by atoms with van der Waals surface area (Å²) in [6.07, 6.45) is 0.834. The maximum absolute atomic E-state index is 13.0. The van der Waals surface area contributed by atoms with Crippen LogP contribution >= 0.6 is 0 Å². The summed E-state index contributed by atoms with van der Waals surface area (Å²) in [7, 11) is 0. The largest absolute Gasteiger partial charge is 0.291 e. The van der Waals surface area contributed by atoms with Gasteiger partial charge in [0, 0.05) is 11.6 Å². The lowest BCUT2D eigenvalue weighted by molar-refractivity contribution is 0.372. The second-order valence-corrected chi connectivity index (χ2v) is 2.37. The van der Waals surface area contributed by atoms with Crippen molar-refractivity contribution in [2.75, 3.05) is 5.43 Å². The lowest BCUT2D eigenvalue weighted by Crippen LogP contribution is -2.13. The number of rotatable bonds is 3. The molecule has 0 atom stereocenters. The first-order valence-electron chi connectivity index (χ1n) is 3.53. The van der Waals surface area contributed by atoms with Crippen molar-refractivity contribution < 1.29 is 17.7 Å². The molecule has 0 aliphatic carbocycles. The molecule has 1 aromatic rings. The molecule has 6 heteroatoms. The normalized spacial score (nSPS) is 10.0. The van der Waals surface area contributed by atoms with Crippen LogP contribution in [0.4, 0.5) is 23.3 Å². The molecule has 0 saturated heterocycles. The summed E-state index contributed by atoms with van der Waals surface area (Å²) in [5.74, 6) is -3.83. The maximum atomic E-state index is 13.0. The molecule has 2 nitrogen and oxygen atoms in total. The van der Waals surface area contributed by atoms with Gasteiger partial charge in [0.05, 0.1) is 5.69 Å². The van der Waals surface area contributed by atoms with E-state index in [0.717, 1.165) is 11.7 Å². The molecule has 0 unspecified atom stereocenters. The van der Waals surface area contributed by atoms with E-state index >= 15 is 0 Å². The van der Waals surface area contributed by atoms with Gasteiger partial charge in [0.1, 0.15) is 5.82 Å². The van der Waals surface area contributed by atoms with E-state index in [0.29, 0.717) is 6.07 Å². The van der Waals surface area contributed by atoms with Gasteiger partial charge in [-0.15, -0.1) is 4.48 Å². The highest BCUT2D eigenvalue weighted by Gasteiger charge is 2.16. The van der Waals surface area contributed by atoms with Crippen LogP contribution in [0.15, 0.2) is 12.6 Å². The fraction of sp³-hybridized carbons (Fsp3) is 0. The molecular weight excluding hydrogens is 200 g/mol. The molecule has 0 aliphatic rings. The van der Waals surface area contributed by atoms with Crippen molar-refractivity contribution in [3.05, 3.63) is 35.7 Å². The Kier molecular flexibility index (Phi) is 3.08. The van der Waals surface area contributed by atoms with Crippen LogP contribution in [0.2, 0.25) is 0 Å². The molecule has 0 amide bonds. The van der Waals surface area contributed by atoms with Crippen LogP contribution < -0.4 is 11.1 Å². The standard InChI is InChI=1S/C8H6F4N2/c1-2-4-5(9)3-6(13-14-12)8(11)7(4)10/h2-3,13-14H,1H2. The summed E-state index contributed by atoms with van der Waals surface area (Å²) < 4.78 is 50.4. The van der Waals surface area contributed by atoms with Crippen LogP contribution in [0.1, 0.15) is 5.56 Å². The highest BCUT2D eigenvalue weighted by atomic mass is 19.2. The van der Waals surface area contributed by atoms with Crippen molar-refractivity contribution in [1.29, 1.82) is 0 Å². The summed E-state index contributed by atoms with van der Waals surface area (Å²) >= 11 is 0. The molecule has 0 aromatic heterocycles. The van der Waals surface area contributed by atoms with Gasteiger partial charge in [0.2, 0.25) is 0 Å². The first-order chi connectivity index (χ1) is 6.61. The van der Waals surface area contributed by atoms with Crippen molar-refractivity contribution in [1.82, 2.24) is 5.65 Å². The molecule has 0 bridgehead atoms. The second kappa shape index (κ2) is 4.10.